The monoisotopic (exact) mass is 318 g/mol. The van der Waals surface area contributed by atoms with E-state index in [9.17, 15) is 14.7 Å². The van der Waals surface area contributed by atoms with Gasteiger partial charge in [-0.2, -0.15) is 0 Å². The molecule has 23 heavy (non-hydrogen) atoms. The summed E-state index contributed by atoms with van der Waals surface area (Å²) in [4.78, 5) is 23.3. The standard InChI is InChI=1S/C17H22N2O4/c1-17(2,3)23-16(22)18-13(15(20)21)10-12-9-11-7-5-6-8-14(11)19(12)4/h5-9,13H,10H2,1-4H3,(H,18,22)(H,20,21)/t13-/m1/s1. The summed E-state index contributed by atoms with van der Waals surface area (Å²) in [6.45, 7) is 5.19. The second-order valence-corrected chi connectivity index (χ2v) is 6.49. The lowest BCUT2D eigenvalue weighted by Crippen LogP contribution is -2.44. The fraction of sp³-hybridized carbons (Fsp3) is 0.412. The van der Waals surface area contributed by atoms with Gasteiger partial charge < -0.3 is 19.7 Å². The van der Waals surface area contributed by atoms with E-state index in [0.29, 0.717) is 0 Å². The molecule has 6 nitrogen and oxygen atoms in total. The fourth-order valence-electron chi connectivity index (χ4n) is 2.40. The average molecular weight is 318 g/mol. The molecule has 1 aromatic heterocycles. The Morgan fingerprint density at radius 1 is 1.30 bits per heavy atom. The maximum Gasteiger partial charge on any atom is 0.408 e. The van der Waals surface area contributed by atoms with E-state index in [0.717, 1.165) is 16.6 Å². The number of benzene rings is 1. The topological polar surface area (TPSA) is 80.6 Å². The molecule has 0 aliphatic carbocycles. The maximum atomic E-state index is 11.8. The predicted molar refractivity (Wildman–Crippen MR) is 87.4 cm³/mol. The van der Waals surface area contributed by atoms with Crippen molar-refractivity contribution >= 4 is 23.0 Å². The zero-order valence-electron chi connectivity index (χ0n) is 13.8. The number of rotatable bonds is 4. The average Bonchev–Trinajstić information content (AvgIpc) is 2.73. The lowest BCUT2D eigenvalue weighted by atomic mass is 10.1. The predicted octanol–water partition coefficient (Wildman–Crippen LogP) is 2.70. The number of carboxylic acid groups (broad SMARTS) is 1. The summed E-state index contributed by atoms with van der Waals surface area (Å²) < 4.78 is 7.06. The van der Waals surface area contributed by atoms with Gasteiger partial charge in [0.1, 0.15) is 11.6 Å². The number of nitrogens with zero attached hydrogens (tertiary/aromatic N) is 1. The van der Waals surface area contributed by atoms with Crippen LogP contribution in [0, 0.1) is 0 Å². The molecule has 2 aromatic rings. The van der Waals surface area contributed by atoms with Gasteiger partial charge in [0.25, 0.3) is 0 Å². The second-order valence-electron chi connectivity index (χ2n) is 6.49. The van der Waals surface area contributed by atoms with Crippen LogP contribution in [0.15, 0.2) is 30.3 Å². The SMILES string of the molecule is Cn1c(C[C@@H](NC(=O)OC(C)(C)C)C(=O)O)cc2ccccc21. The number of para-hydroxylation sites is 1. The van der Waals surface area contributed by atoms with Crippen LogP contribution < -0.4 is 5.32 Å². The molecule has 0 aliphatic rings. The molecule has 0 radical (unpaired) electrons. The van der Waals surface area contributed by atoms with Crippen molar-refractivity contribution in [3.05, 3.63) is 36.0 Å². The van der Waals surface area contributed by atoms with E-state index < -0.39 is 23.7 Å². The molecular formula is C17H22N2O4. The number of aliphatic carboxylic acids is 1. The Bertz CT molecular complexity index is 728. The number of fused-ring (bicyclic) bond motifs is 1. The minimum atomic E-state index is -1.10. The molecule has 1 heterocycles. The van der Waals surface area contributed by atoms with E-state index in [1.54, 1.807) is 20.8 Å². The maximum absolute atomic E-state index is 11.8. The van der Waals surface area contributed by atoms with Crippen LogP contribution in [0.1, 0.15) is 26.5 Å². The Morgan fingerprint density at radius 2 is 1.96 bits per heavy atom. The van der Waals surface area contributed by atoms with Crippen molar-refractivity contribution in [2.24, 2.45) is 7.05 Å². The molecule has 0 fully saturated rings. The highest BCUT2D eigenvalue weighted by atomic mass is 16.6. The van der Waals surface area contributed by atoms with E-state index in [-0.39, 0.29) is 6.42 Å². The summed E-state index contributed by atoms with van der Waals surface area (Å²) in [6.07, 6.45) is -0.552. The van der Waals surface area contributed by atoms with E-state index >= 15 is 0 Å². The highest BCUT2D eigenvalue weighted by molar-refractivity contribution is 5.83. The van der Waals surface area contributed by atoms with Gasteiger partial charge in [-0.05, 0) is 38.3 Å². The largest absolute Gasteiger partial charge is 0.480 e. The van der Waals surface area contributed by atoms with Crippen LogP contribution >= 0.6 is 0 Å². The third kappa shape index (κ3) is 4.25. The van der Waals surface area contributed by atoms with Crippen LogP contribution in [0.25, 0.3) is 10.9 Å². The van der Waals surface area contributed by atoms with Crippen molar-refractivity contribution < 1.29 is 19.4 Å². The lowest BCUT2D eigenvalue weighted by molar-refractivity contribution is -0.139. The van der Waals surface area contributed by atoms with E-state index in [2.05, 4.69) is 5.32 Å². The van der Waals surface area contributed by atoms with Crippen LogP contribution in [0.2, 0.25) is 0 Å². The number of carbonyl (C=O) groups is 2. The van der Waals surface area contributed by atoms with Crippen LogP contribution in [0.5, 0.6) is 0 Å². The minimum Gasteiger partial charge on any atom is -0.480 e. The third-order valence-corrected chi connectivity index (χ3v) is 3.45. The molecule has 0 saturated carbocycles. The number of ether oxygens (including phenoxy) is 1. The smallest absolute Gasteiger partial charge is 0.408 e. The van der Waals surface area contributed by atoms with Crippen molar-refractivity contribution in [1.82, 2.24) is 9.88 Å². The molecule has 0 aliphatic heterocycles. The normalized spacial score (nSPS) is 12.9. The molecule has 1 atom stereocenters. The number of aryl methyl sites for hydroxylation is 1. The fourth-order valence-corrected chi connectivity index (χ4v) is 2.40. The number of hydrogen-bond donors (Lipinski definition) is 2. The van der Waals surface area contributed by atoms with Crippen LogP contribution in [-0.4, -0.2) is 33.4 Å². The minimum absolute atomic E-state index is 0.180. The first-order valence-electron chi connectivity index (χ1n) is 7.43. The molecule has 2 rings (SSSR count). The Morgan fingerprint density at radius 3 is 2.52 bits per heavy atom. The number of carboxylic acids is 1. The van der Waals surface area contributed by atoms with E-state index in [4.69, 9.17) is 4.74 Å². The first-order valence-corrected chi connectivity index (χ1v) is 7.43. The molecule has 0 bridgehead atoms. The number of hydrogen-bond acceptors (Lipinski definition) is 3. The molecular weight excluding hydrogens is 296 g/mol. The summed E-state index contributed by atoms with van der Waals surface area (Å²) in [6, 6.07) is 8.68. The molecule has 1 amide bonds. The van der Waals surface area contributed by atoms with Crippen molar-refractivity contribution in [1.29, 1.82) is 0 Å². The van der Waals surface area contributed by atoms with Gasteiger partial charge in [-0.25, -0.2) is 9.59 Å². The van der Waals surface area contributed by atoms with Gasteiger partial charge in [0.2, 0.25) is 0 Å². The number of carbonyl (C=O) groups excluding carboxylic acids is 1. The third-order valence-electron chi connectivity index (χ3n) is 3.45. The first kappa shape index (κ1) is 16.9. The summed E-state index contributed by atoms with van der Waals surface area (Å²) >= 11 is 0. The molecule has 0 unspecified atom stereocenters. The number of amides is 1. The molecule has 124 valence electrons. The quantitative estimate of drug-likeness (QED) is 0.908. The van der Waals surface area contributed by atoms with Crippen LogP contribution in [0.4, 0.5) is 4.79 Å². The first-order chi connectivity index (χ1) is 10.7. The van der Waals surface area contributed by atoms with Gasteiger partial charge in [-0.1, -0.05) is 18.2 Å². The molecule has 2 N–H and O–H groups in total. The molecule has 1 aromatic carbocycles. The highest BCUT2D eigenvalue weighted by Crippen LogP contribution is 2.19. The Hall–Kier alpha value is -2.50. The van der Waals surface area contributed by atoms with Crippen molar-refractivity contribution in [2.75, 3.05) is 0 Å². The van der Waals surface area contributed by atoms with Crippen LogP contribution in [0.3, 0.4) is 0 Å². The van der Waals surface area contributed by atoms with Gasteiger partial charge in [-0.3, -0.25) is 0 Å². The Balaban J connectivity index is 2.17. The number of aromatic nitrogens is 1. The van der Waals surface area contributed by atoms with Gasteiger partial charge in [-0.15, -0.1) is 0 Å². The summed E-state index contributed by atoms with van der Waals surface area (Å²) in [5.41, 5.74) is 1.17. The van der Waals surface area contributed by atoms with Crippen molar-refractivity contribution in [3.8, 4) is 0 Å². The van der Waals surface area contributed by atoms with Gasteiger partial charge in [0, 0.05) is 24.7 Å². The Kier molecular flexibility index (Phi) is 4.63. The van der Waals surface area contributed by atoms with E-state index in [1.807, 2.05) is 41.9 Å². The number of nitrogens with one attached hydrogen (secondary N) is 1. The van der Waals surface area contributed by atoms with Gasteiger partial charge in [0.05, 0.1) is 0 Å². The van der Waals surface area contributed by atoms with Gasteiger partial charge in [0.15, 0.2) is 0 Å². The van der Waals surface area contributed by atoms with Gasteiger partial charge >= 0.3 is 12.1 Å². The molecule has 0 spiro atoms. The molecule has 6 heteroatoms. The molecule has 0 saturated heterocycles. The highest BCUT2D eigenvalue weighted by Gasteiger charge is 2.25. The van der Waals surface area contributed by atoms with E-state index in [1.165, 1.54) is 0 Å². The van der Waals surface area contributed by atoms with Crippen molar-refractivity contribution in [3.63, 3.8) is 0 Å². The zero-order chi connectivity index (χ0) is 17.2. The summed E-state index contributed by atoms with van der Waals surface area (Å²) in [7, 11) is 1.88. The zero-order valence-corrected chi connectivity index (χ0v) is 13.8. The lowest BCUT2D eigenvalue weighted by Gasteiger charge is -2.22. The van der Waals surface area contributed by atoms with Crippen LogP contribution in [-0.2, 0) is 23.0 Å². The summed E-state index contributed by atoms with van der Waals surface area (Å²) in [5, 5.41) is 12.8. The Labute approximate surface area is 135 Å². The van der Waals surface area contributed by atoms with Crippen molar-refractivity contribution in [2.45, 2.75) is 38.8 Å². The summed E-state index contributed by atoms with van der Waals surface area (Å²) in [5.74, 6) is -1.10. The second kappa shape index (κ2) is 6.32. The number of alkyl carbamates (subject to hydrolysis) is 1.